The Morgan fingerprint density at radius 2 is 2.07 bits per heavy atom. The van der Waals surface area contributed by atoms with E-state index in [1.807, 2.05) is 30.1 Å². The fourth-order valence-electron chi connectivity index (χ4n) is 3.55. The first-order valence-electron chi connectivity index (χ1n) is 9.73. The molecule has 0 unspecified atom stereocenters. The van der Waals surface area contributed by atoms with Crippen LogP contribution in [0, 0.1) is 5.92 Å². The Morgan fingerprint density at radius 1 is 1.22 bits per heavy atom. The monoisotopic (exact) mass is 482 g/mol. The van der Waals surface area contributed by atoms with E-state index >= 15 is 0 Å². The summed E-state index contributed by atoms with van der Waals surface area (Å²) >= 11 is 0. The first kappa shape index (κ1) is 21.7. The molecule has 27 heavy (non-hydrogen) atoms. The molecule has 0 aliphatic heterocycles. The Bertz CT molecular complexity index is 662. The van der Waals surface area contributed by atoms with Crippen LogP contribution in [0.4, 0.5) is 0 Å². The zero-order valence-electron chi connectivity index (χ0n) is 16.1. The van der Waals surface area contributed by atoms with Crippen molar-refractivity contribution in [3.63, 3.8) is 0 Å². The smallest absolute Gasteiger partial charge is 0.191 e. The van der Waals surface area contributed by atoms with E-state index in [-0.39, 0.29) is 24.0 Å². The Balaban J connectivity index is 0.00000261. The number of nitrogens with one attached hydrogen (secondary N) is 2. The van der Waals surface area contributed by atoms with Crippen LogP contribution in [-0.4, -0.2) is 34.1 Å². The van der Waals surface area contributed by atoms with E-state index in [0.29, 0.717) is 6.54 Å². The van der Waals surface area contributed by atoms with Gasteiger partial charge in [-0.3, -0.25) is 9.56 Å². The van der Waals surface area contributed by atoms with E-state index in [1.165, 1.54) is 44.9 Å². The van der Waals surface area contributed by atoms with Crippen molar-refractivity contribution < 1.29 is 0 Å². The van der Waals surface area contributed by atoms with E-state index in [4.69, 9.17) is 0 Å². The minimum absolute atomic E-state index is 0. The molecule has 6 nitrogen and oxygen atoms in total. The van der Waals surface area contributed by atoms with E-state index in [0.717, 1.165) is 29.8 Å². The summed E-state index contributed by atoms with van der Waals surface area (Å²) in [5.41, 5.74) is 1.12. The zero-order valence-corrected chi connectivity index (χ0v) is 18.4. The summed E-state index contributed by atoms with van der Waals surface area (Å²) in [6, 6.07) is 4.07. The summed E-state index contributed by atoms with van der Waals surface area (Å²) in [5, 5.41) is 6.78. The molecule has 1 aliphatic rings. The van der Waals surface area contributed by atoms with Crippen molar-refractivity contribution in [2.24, 2.45) is 10.9 Å². The highest BCUT2D eigenvalue weighted by atomic mass is 127. The van der Waals surface area contributed by atoms with Crippen LogP contribution in [0.3, 0.4) is 0 Å². The lowest BCUT2D eigenvalue weighted by Crippen LogP contribution is -2.37. The lowest BCUT2D eigenvalue weighted by atomic mass is 9.86. The molecular formula is C20H31IN6. The van der Waals surface area contributed by atoms with Gasteiger partial charge in [-0.2, -0.15) is 0 Å². The third-order valence-electron chi connectivity index (χ3n) is 5.07. The number of hydrogen-bond donors (Lipinski definition) is 2. The maximum Gasteiger partial charge on any atom is 0.191 e. The minimum Gasteiger partial charge on any atom is -0.356 e. The van der Waals surface area contributed by atoms with Crippen LogP contribution in [-0.2, 0) is 6.54 Å². The van der Waals surface area contributed by atoms with Crippen molar-refractivity contribution in [1.82, 2.24) is 25.2 Å². The Hall–Kier alpha value is -1.64. The molecule has 0 atom stereocenters. The molecule has 0 spiro atoms. The summed E-state index contributed by atoms with van der Waals surface area (Å²) < 4.78 is 1.89. The molecule has 1 saturated carbocycles. The summed E-state index contributed by atoms with van der Waals surface area (Å²) in [5.74, 6) is 2.67. The lowest BCUT2D eigenvalue weighted by Gasteiger charge is -2.21. The summed E-state index contributed by atoms with van der Waals surface area (Å²) in [6.45, 7) is 1.69. The average Bonchev–Trinajstić information content (AvgIpc) is 3.23. The van der Waals surface area contributed by atoms with Crippen LogP contribution in [0.5, 0.6) is 0 Å². The highest BCUT2D eigenvalue weighted by Crippen LogP contribution is 2.26. The molecule has 0 saturated heterocycles. The zero-order chi connectivity index (χ0) is 18.0. The maximum absolute atomic E-state index is 4.47. The number of imidazole rings is 1. The molecule has 7 heteroatoms. The number of rotatable bonds is 7. The summed E-state index contributed by atoms with van der Waals surface area (Å²) in [6.07, 6.45) is 17.0. The number of pyridine rings is 1. The Morgan fingerprint density at radius 3 is 2.74 bits per heavy atom. The highest BCUT2D eigenvalue weighted by molar-refractivity contribution is 14.0. The third kappa shape index (κ3) is 7.12. The number of nitrogens with zero attached hydrogens (tertiary/aromatic N) is 4. The summed E-state index contributed by atoms with van der Waals surface area (Å²) in [7, 11) is 1.82. The molecule has 3 rings (SSSR count). The Kier molecular flexibility index (Phi) is 9.58. The number of aliphatic imine (C=N–C) groups is 1. The summed E-state index contributed by atoms with van der Waals surface area (Å²) in [4.78, 5) is 12.8. The van der Waals surface area contributed by atoms with Crippen LogP contribution in [0.15, 0.2) is 42.0 Å². The van der Waals surface area contributed by atoms with E-state index in [1.54, 1.807) is 12.5 Å². The molecular weight excluding hydrogens is 451 g/mol. The largest absolute Gasteiger partial charge is 0.356 e. The quantitative estimate of drug-likeness (QED) is 0.272. The number of hydrogen-bond acceptors (Lipinski definition) is 3. The predicted octanol–water partition coefficient (Wildman–Crippen LogP) is 3.91. The van der Waals surface area contributed by atoms with Crippen LogP contribution >= 0.6 is 24.0 Å². The van der Waals surface area contributed by atoms with Gasteiger partial charge in [0.2, 0.25) is 0 Å². The number of halogens is 1. The Labute approximate surface area is 179 Å². The van der Waals surface area contributed by atoms with Crippen molar-refractivity contribution in [2.45, 2.75) is 51.5 Å². The first-order chi connectivity index (χ1) is 12.8. The first-order valence-corrected chi connectivity index (χ1v) is 9.73. The second-order valence-corrected chi connectivity index (χ2v) is 6.99. The molecule has 0 aromatic carbocycles. The van der Waals surface area contributed by atoms with Gasteiger partial charge in [-0.25, -0.2) is 9.97 Å². The van der Waals surface area contributed by atoms with Crippen LogP contribution in [0.2, 0.25) is 0 Å². The van der Waals surface area contributed by atoms with Crippen molar-refractivity contribution >= 4 is 29.9 Å². The third-order valence-corrected chi connectivity index (χ3v) is 5.07. The molecule has 2 aromatic heterocycles. The molecule has 1 aliphatic carbocycles. The average molecular weight is 482 g/mol. The van der Waals surface area contributed by atoms with Crippen LogP contribution < -0.4 is 10.6 Å². The van der Waals surface area contributed by atoms with E-state index < -0.39 is 0 Å². The van der Waals surface area contributed by atoms with Gasteiger partial charge in [-0.15, -0.1) is 24.0 Å². The molecule has 0 radical (unpaired) electrons. The molecule has 0 bridgehead atoms. The predicted molar refractivity (Wildman–Crippen MR) is 121 cm³/mol. The standard InChI is InChI=1S/C20H30N6.HI/c1-21-20(23-11-5-8-17-6-3-2-4-7-17)25-15-18-9-10-19(24-14-18)26-13-12-22-16-26;/h9-10,12-14,16-17H,2-8,11,15H2,1H3,(H2,21,23,25);1H. The van der Waals surface area contributed by atoms with Gasteiger partial charge >= 0.3 is 0 Å². The van der Waals surface area contributed by atoms with Gasteiger partial charge in [0.25, 0.3) is 0 Å². The van der Waals surface area contributed by atoms with Gasteiger partial charge in [0.1, 0.15) is 12.1 Å². The number of aromatic nitrogens is 3. The molecule has 0 amide bonds. The van der Waals surface area contributed by atoms with Gasteiger partial charge in [0.05, 0.1) is 0 Å². The van der Waals surface area contributed by atoms with Gasteiger partial charge < -0.3 is 10.6 Å². The van der Waals surface area contributed by atoms with Crippen molar-refractivity contribution in [2.75, 3.05) is 13.6 Å². The van der Waals surface area contributed by atoms with Gasteiger partial charge in [0, 0.05) is 38.7 Å². The van der Waals surface area contributed by atoms with Gasteiger partial charge in [-0.05, 0) is 30.4 Å². The van der Waals surface area contributed by atoms with Gasteiger partial charge in [-0.1, -0.05) is 38.2 Å². The van der Waals surface area contributed by atoms with Crippen LogP contribution in [0.25, 0.3) is 5.82 Å². The molecule has 1 fully saturated rings. The van der Waals surface area contributed by atoms with Crippen molar-refractivity contribution in [3.05, 3.63) is 42.6 Å². The minimum atomic E-state index is 0. The normalized spacial score (nSPS) is 15.2. The van der Waals surface area contributed by atoms with Crippen molar-refractivity contribution in [1.29, 1.82) is 0 Å². The highest BCUT2D eigenvalue weighted by Gasteiger charge is 2.12. The maximum atomic E-state index is 4.47. The molecule has 148 valence electrons. The fraction of sp³-hybridized carbons (Fsp3) is 0.550. The van der Waals surface area contributed by atoms with Crippen molar-refractivity contribution in [3.8, 4) is 5.82 Å². The van der Waals surface area contributed by atoms with E-state index in [2.05, 4.69) is 31.7 Å². The molecule has 2 heterocycles. The van der Waals surface area contributed by atoms with E-state index in [9.17, 15) is 0 Å². The second kappa shape index (κ2) is 11.9. The molecule has 2 N–H and O–H groups in total. The number of guanidine groups is 1. The fourth-order valence-corrected chi connectivity index (χ4v) is 3.55. The lowest BCUT2D eigenvalue weighted by molar-refractivity contribution is 0.332. The topological polar surface area (TPSA) is 67.1 Å². The molecule has 2 aromatic rings. The second-order valence-electron chi connectivity index (χ2n) is 6.99. The van der Waals surface area contributed by atoms with Gasteiger partial charge in [0.15, 0.2) is 5.96 Å². The SMILES string of the molecule is CN=C(NCCCC1CCCCC1)NCc1ccc(-n2ccnc2)nc1.I. The van der Waals surface area contributed by atoms with Crippen LogP contribution in [0.1, 0.15) is 50.5 Å².